The number of hydrogen-bond acceptors (Lipinski definition) is 4. The van der Waals surface area contributed by atoms with E-state index in [4.69, 9.17) is 4.55 Å². The number of ketones is 1. The molecule has 0 aromatic carbocycles. The molecule has 1 fully saturated rings. The second-order valence-electron chi connectivity index (χ2n) is 2.93. The molecule has 1 aliphatic rings. The highest BCUT2D eigenvalue weighted by Crippen LogP contribution is 2.12. The first-order valence-corrected chi connectivity index (χ1v) is 5.12. The number of nitrogens with one attached hydrogen (secondary N) is 1. The topological polar surface area (TPSA) is 101 Å². The molecule has 0 aromatic heterocycles. The van der Waals surface area contributed by atoms with Crippen molar-refractivity contribution in [2.24, 2.45) is 0 Å². The van der Waals surface area contributed by atoms with Crippen LogP contribution in [0.15, 0.2) is 0 Å². The van der Waals surface area contributed by atoms with Gasteiger partial charge in [-0.3, -0.25) is 14.1 Å². The Balaban J connectivity index is 2.78. The highest BCUT2D eigenvalue weighted by Gasteiger charge is 2.37. The number of amides is 1. The molecule has 1 saturated heterocycles. The predicted octanol–water partition coefficient (Wildman–Crippen LogP) is -1.28. The lowest BCUT2D eigenvalue weighted by Crippen LogP contribution is -2.39. The van der Waals surface area contributed by atoms with Crippen LogP contribution in [0.3, 0.4) is 0 Å². The second-order valence-corrected chi connectivity index (χ2v) is 4.70. The lowest BCUT2D eigenvalue weighted by Gasteiger charge is -2.14. The SMILES string of the molecule is C[C@H](C1CC(=O)C(=O)N1)S(=O)(=O)O. The molecule has 2 N–H and O–H groups in total. The summed E-state index contributed by atoms with van der Waals surface area (Å²) in [6.07, 6.45) is -0.181. The Labute approximate surface area is 75.1 Å². The van der Waals surface area contributed by atoms with Gasteiger partial charge in [-0.1, -0.05) is 0 Å². The maximum Gasteiger partial charge on any atom is 0.287 e. The Bertz CT molecular complexity index is 330. The van der Waals surface area contributed by atoms with Crippen LogP contribution in [0.25, 0.3) is 0 Å². The summed E-state index contributed by atoms with van der Waals surface area (Å²) in [6, 6.07) is -0.810. The van der Waals surface area contributed by atoms with Crippen molar-refractivity contribution >= 4 is 21.8 Å². The molecule has 0 bridgehead atoms. The Morgan fingerprint density at radius 2 is 2.08 bits per heavy atom. The molecule has 0 spiro atoms. The van der Waals surface area contributed by atoms with Gasteiger partial charge in [0.15, 0.2) is 0 Å². The van der Waals surface area contributed by atoms with E-state index in [1.165, 1.54) is 6.92 Å². The summed E-state index contributed by atoms with van der Waals surface area (Å²) in [5.41, 5.74) is 0. The molecule has 0 aromatic rings. The van der Waals surface area contributed by atoms with Crippen molar-refractivity contribution in [3.8, 4) is 0 Å². The van der Waals surface area contributed by atoms with Crippen LogP contribution in [0.4, 0.5) is 0 Å². The van der Waals surface area contributed by atoms with Crippen molar-refractivity contribution in [2.75, 3.05) is 0 Å². The van der Waals surface area contributed by atoms with Gasteiger partial charge < -0.3 is 5.32 Å². The minimum atomic E-state index is -4.20. The van der Waals surface area contributed by atoms with Gasteiger partial charge in [0.2, 0.25) is 5.78 Å². The van der Waals surface area contributed by atoms with Gasteiger partial charge in [0, 0.05) is 6.42 Å². The van der Waals surface area contributed by atoms with Crippen molar-refractivity contribution < 1.29 is 22.6 Å². The summed E-state index contributed by atoms with van der Waals surface area (Å²) < 4.78 is 29.9. The average Bonchev–Trinajstić information content (AvgIpc) is 2.29. The number of hydrogen-bond donors (Lipinski definition) is 2. The fourth-order valence-electron chi connectivity index (χ4n) is 1.08. The first kappa shape index (κ1) is 10.1. The van der Waals surface area contributed by atoms with E-state index < -0.39 is 33.1 Å². The summed E-state index contributed by atoms with van der Waals surface area (Å²) in [7, 11) is -4.20. The third-order valence-electron chi connectivity index (χ3n) is 2.01. The van der Waals surface area contributed by atoms with Crippen molar-refractivity contribution in [3.05, 3.63) is 0 Å². The van der Waals surface area contributed by atoms with Gasteiger partial charge in [0.05, 0.1) is 6.04 Å². The van der Waals surface area contributed by atoms with E-state index in [9.17, 15) is 18.0 Å². The molecule has 1 heterocycles. The molecule has 2 atom stereocenters. The predicted molar refractivity (Wildman–Crippen MR) is 42.6 cm³/mol. The molecule has 1 aliphatic heterocycles. The minimum absolute atomic E-state index is 0.181. The van der Waals surface area contributed by atoms with Crippen LogP contribution in [0.1, 0.15) is 13.3 Å². The summed E-state index contributed by atoms with van der Waals surface area (Å²) in [6.45, 7) is 1.23. The van der Waals surface area contributed by atoms with Crippen molar-refractivity contribution in [1.29, 1.82) is 0 Å². The molecule has 1 unspecified atom stereocenters. The highest BCUT2D eigenvalue weighted by molar-refractivity contribution is 7.86. The Morgan fingerprint density at radius 1 is 1.54 bits per heavy atom. The Hall–Kier alpha value is -0.950. The van der Waals surface area contributed by atoms with E-state index in [2.05, 4.69) is 5.32 Å². The molecular weight excluding hydrogens is 198 g/mol. The van der Waals surface area contributed by atoms with Crippen LogP contribution in [-0.2, 0) is 19.7 Å². The molecule has 0 aliphatic carbocycles. The third-order valence-corrected chi connectivity index (χ3v) is 3.28. The van der Waals surface area contributed by atoms with E-state index in [0.717, 1.165) is 0 Å². The average molecular weight is 207 g/mol. The van der Waals surface area contributed by atoms with Crippen LogP contribution < -0.4 is 5.32 Å². The van der Waals surface area contributed by atoms with Crippen LogP contribution in [0.5, 0.6) is 0 Å². The summed E-state index contributed by atoms with van der Waals surface area (Å²) in [5.74, 6) is -1.44. The van der Waals surface area contributed by atoms with Gasteiger partial charge in [-0.05, 0) is 6.92 Å². The second kappa shape index (κ2) is 3.08. The van der Waals surface area contributed by atoms with Gasteiger partial charge >= 0.3 is 0 Å². The zero-order chi connectivity index (χ0) is 10.2. The number of carbonyl (C=O) groups is 2. The fourth-order valence-corrected chi connectivity index (χ4v) is 1.66. The number of carbonyl (C=O) groups excluding carboxylic acids is 2. The maximum absolute atomic E-state index is 10.7. The molecule has 13 heavy (non-hydrogen) atoms. The molecule has 7 heteroatoms. The third kappa shape index (κ3) is 2.04. The van der Waals surface area contributed by atoms with Gasteiger partial charge in [0.1, 0.15) is 5.25 Å². The zero-order valence-corrected chi connectivity index (χ0v) is 7.67. The molecule has 0 radical (unpaired) electrons. The van der Waals surface area contributed by atoms with Crippen LogP contribution in [0.2, 0.25) is 0 Å². The van der Waals surface area contributed by atoms with Gasteiger partial charge in [0.25, 0.3) is 16.0 Å². The monoisotopic (exact) mass is 207 g/mol. The van der Waals surface area contributed by atoms with Crippen LogP contribution in [0, 0.1) is 0 Å². The molecule has 0 saturated carbocycles. The van der Waals surface area contributed by atoms with Crippen molar-refractivity contribution in [3.63, 3.8) is 0 Å². The molecule has 1 amide bonds. The van der Waals surface area contributed by atoms with Crippen LogP contribution in [-0.4, -0.2) is 36.0 Å². The standard InChI is InChI=1S/C6H9NO5S/c1-3(13(10,11)12)4-2-5(8)6(9)7-4/h3-4H,2H2,1H3,(H,7,9)(H,10,11,12)/t3-,4?/m1/s1. The molecule has 1 rings (SSSR count). The smallest absolute Gasteiger partial charge is 0.287 e. The number of Topliss-reactive ketones (excluding diaryl/α,β-unsaturated/α-hetero) is 1. The van der Waals surface area contributed by atoms with E-state index >= 15 is 0 Å². The minimum Gasteiger partial charge on any atom is -0.345 e. The van der Waals surface area contributed by atoms with E-state index in [0.29, 0.717) is 0 Å². The molecule has 74 valence electrons. The Morgan fingerprint density at radius 3 is 2.38 bits per heavy atom. The van der Waals surface area contributed by atoms with Gasteiger partial charge in [-0.25, -0.2) is 0 Å². The summed E-state index contributed by atoms with van der Waals surface area (Å²) in [5, 5.41) is 1.03. The van der Waals surface area contributed by atoms with E-state index in [1.54, 1.807) is 0 Å². The largest absolute Gasteiger partial charge is 0.345 e. The lowest BCUT2D eigenvalue weighted by molar-refractivity contribution is -0.135. The van der Waals surface area contributed by atoms with Crippen LogP contribution >= 0.6 is 0 Å². The van der Waals surface area contributed by atoms with E-state index in [-0.39, 0.29) is 6.42 Å². The normalized spacial score (nSPS) is 25.8. The molecule has 6 nitrogen and oxygen atoms in total. The van der Waals surface area contributed by atoms with Crippen molar-refractivity contribution in [1.82, 2.24) is 5.32 Å². The highest BCUT2D eigenvalue weighted by atomic mass is 32.2. The number of rotatable bonds is 2. The molecular formula is C6H9NO5S. The fraction of sp³-hybridized carbons (Fsp3) is 0.667. The first-order chi connectivity index (χ1) is 5.82. The summed E-state index contributed by atoms with van der Waals surface area (Å²) >= 11 is 0. The maximum atomic E-state index is 10.7. The first-order valence-electron chi connectivity index (χ1n) is 3.62. The lowest BCUT2D eigenvalue weighted by atomic mass is 10.2. The quantitative estimate of drug-likeness (QED) is 0.434. The zero-order valence-electron chi connectivity index (χ0n) is 6.85. The Kier molecular flexibility index (Phi) is 2.40. The summed E-state index contributed by atoms with van der Waals surface area (Å²) in [4.78, 5) is 21.4. The van der Waals surface area contributed by atoms with Gasteiger partial charge in [-0.2, -0.15) is 8.42 Å². The van der Waals surface area contributed by atoms with Crippen molar-refractivity contribution in [2.45, 2.75) is 24.6 Å². The van der Waals surface area contributed by atoms with Gasteiger partial charge in [-0.15, -0.1) is 0 Å². The van der Waals surface area contributed by atoms with E-state index in [1.807, 2.05) is 0 Å².